The summed E-state index contributed by atoms with van der Waals surface area (Å²) in [4.78, 5) is 47.7. The highest BCUT2D eigenvalue weighted by Crippen LogP contribution is 2.57. The van der Waals surface area contributed by atoms with E-state index in [4.69, 9.17) is 0 Å². The van der Waals surface area contributed by atoms with Crippen LogP contribution in [0.3, 0.4) is 0 Å². The van der Waals surface area contributed by atoms with Crippen LogP contribution >= 0.6 is 0 Å². The average Bonchev–Trinajstić information content (AvgIpc) is 3.32. The Morgan fingerprint density at radius 1 is 1.06 bits per heavy atom. The van der Waals surface area contributed by atoms with Crippen molar-refractivity contribution in [1.82, 2.24) is 4.98 Å². The van der Waals surface area contributed by atoms with E-state index in [1.807, 2.05) is 60.4 Å². The largest absolute Gasteiger partial charge is 0.352 e. The molecule has 34 heavy (non-hydrogen) atoms. The number of amides is 1. The molecule has 0 saturated carbocycles. The third-order valence-corrected chi connectivity index (χ3v) is 7.40. The van der Waals surface area contributed by atoms with Crippen molar-refractivity contribution in [3.8, 4) is 0 Å². The Morgan fingerprint density at radius 2 is 1.85 bits per heavy atom. The molecular weight excluding hydrogens is 426 g/mol. The predicted octanol–water partition coefficient (Wildman–Crippen LogP) is 3.95. The van der Waals surface area contributed by atoms with E-state index in [9.17, 15) is 14.4 Å². The van der Waals surface area contributed by atoms with Gasteiger partial charge in [0.15, 0.2) is 11.6 Å². The number of nitrogens with zero attached hydrogens (tertiary/aromatic N) is 2. The number of hydrogen-bond donors (Lipinski definition) is 1. The summed E-state index contributed by atoms with van der Waals surface area (Å²) in [5.41, 5.74) is 3.33. The van der Waals surface area contributed by atoms with Crippen molar-refractivity contribution in [3.05, 3.63) is 95.3 Å². The number of benzene rings is 2. The minimum absolute atomic E-state index is 0.157. The third kappa shape index (κ3) is 2.56. The summed E-state index contributed by atoms with van der Waals surface area (Å²) in [6.45, 7) is 3.52. The highest BCUT2D eigenvalue weighted by atomic mass is 16.2. The molecule has 3 aliphatic heterocycles. The van der Waals surface area contributed by atoms with Gasteiger partial charge in [-0.25, -0.2) is 0 Å². The van der Waals surface area contributed by atoms with Crippen LogP contribution < -0.4 is 10.2 Å². The van der Waals surface area contributed by atoms with Gasteiger partial charge in [-0.3, -0.25) is 19.4 Å². The van der Waals surface area contributed by atoms with E-state index in [2.05, 4.69) is 16.4 Å². The molecule has 6 rings (SSSR count). The van der Waals surface area contributed by atoms with E-state index in [-0.39, 0.29) is 23.2 Å². The monoisotopic (exact) mass is 449 g/mol. The van der Waals surface area contributed by atoms with E-state index in [1.165, 1.54) is 6.92 Å². The van der Waals surface area contributed by atoms with Crippen molar-refractivity contribution in [2.24, 2.45) is 5.92 Å². The van der Waals surface area contributed by atoms with E-state index < -0.39 is 23.4 Å². The lowest BCUT2D eigenvalue weighted by atomic mass is 9.64. The van der Waals surface area contributed by atoms with E-state index >= 15 is 0 Å². The number of hydrogen-bond acceptors (Lipinski definition) is 5. The number of nitrogens with one attached hydrogen (secondary N) is 1. The zero-order chi connectivity index (χ0) is 23.6. The number of carbonyl (C=O) groups excluding carboxylic acids is 3. The van der Waals surface area contributed by atoms with E-state index in [0.717, 1.165) is 22.4 Å². The Morgan fingerprint density at radius 3 is 2.62 bits per heavy atom. The second kappa shape index (κ2) is 7.22. The summed E-state index contributed by atoms with van der Waals surface area (Å²) >= 11 is 0. The minimum atomic E-state index is -1.26. The van der Waals surface area contributed by atoms with Gasteiger partial charge < -0.3 is 10.2 Å². The topological polar surface area (TPSA) is 79.4 Å². The van der Waals surface area contributed by atoms with Crippen molar-refractivity contribution in [2.45, 2.75) is 31.3 Å². The van der Waals surface area contributed by atoms with Gasteiger partial charge in [0.05, 0.1) is 18.0 Å². The fourth-order valence-corrected chi connectivity index (χ4v) is 6.12. The van der Waals surface area contributed by atoms with Crippen LogP contribution in [0, 0.1) is 12.8 Å². The molecule has 0 bridgehead atoms. The third-order valence-electron chi connectivity index (χ3n) is 7.40. The summed E-state index contributed by atoms with van der Waals surface area (Å²) < 4.78 is 0. The van der Waals surface area contributed by atoms with Crippen LogP contribution in [0.4, 0.5) is 11.4 Å². The summed E-state index contributed by atoms with van der Waals surface area (Å²) in [5.74, 6) is -1.66. The van der Waals surface area contributed by atoms with Gasteiger partial charge in [0.25, 0.3) is 0 Å². The number of ketones is 2. The van der Waals surface area contributed by atoms with Gasteiger partial charge in [-0.15, -0.1) is 0 Å². The van der Waals surface area contributed by atoms with Crippen LogP contribution in [0.1, 0.15) is 34.1 Å². The number of aromatic nitrogens is 1. The molecule has 1 saturated heterocycles. The lowest BCUT2D eigenvalue weighted by Gasteiger charge is -2.37. The molecule has 168 valence electrons. The van der Waals surface area contributed by atoms with E-state index in [1.54, 1.807) is 24.4 Å². The van der Waals surface area contributed by atoms with Gasteiger partial charge >= 0.3 is 0 Å². The van der Waals surface area contributed by atoms with Gasteiger partial charge in [0.1, 0.15) is 11.1 Å². The fourth-order valence-electron chi connectivity index (χ4n) is 6.12. The zero-order valence-corrected chi connectivity index (χ0v) is 18.9. The van der Waals surface area contributed by atoms with E-state index in [0.29, 0.717) is 5.69 Å². The first kappa shape index (κ1) is 20.5. The van der Waals surface area contributed by atoms with Crippen molar-refractivity contribution in [2.75, 3.05) is 10.2 Å². The summed E-state index contributed by atoms with van der Waals surface area (Å²) in [6.07, 6.45) is 5.54. The molecule has 1 aromatic heterocycles. The number of para-hydroxylation sites is 1. The van der Waals surface area contributed by atoms with Crippen LogP contribution in [0.15, 0.2) is 72.9 Å². The second-order valence-corrected chi connectivity index (χ2v) is 9.25. The van der Waals surface area contributed by atoms with Crippen LogP contribution in [-0.2, 0) is 15.0 Å². The maximum Gasteiger partial charge on any atom is 0.238 e. The second-order valence-electron chi connectivity index (χ2n) is 9.25. The molecule has 1 spiro atoms. The Bertz CT molecular complexity index is 1400. The molecule has 4 atom stereocenters. The highest BCUT2D eigenvalue weighted by Gasteiger charge is 2.70. The van der Waals surface area contributed by atoms with Gasteiger partial charge in [-0.2, -0.15) is 0 Å². The van der Waals surface area contributed by atoms with Crippen molar-refractivity contribution in [3.63, 3.8) is 0 Å². The molecule has 4 heterocycles. The number of carbonyl (C=O) groups is 3. The predicted molar refractivity (Wildman–Crippen MR) is 130 cm³/mol. The van der Waals surface area contributed by atoms with Crippen molar-refractivity contribution >= 4 is 34.9 Å². The molecule has 1 amide bonds. The summed E-state index contributed by atoms with van der Waals surface area (Å²) in [7, 11) is 0. The number of Topliss-reactive ketones (excluding diaryl/α,β-unsaturated/α-hetero) is 2. The Labute approximate surface area is 197 Å². The maximum atomic E-state index is 14.1. The standard InChI is InChI=1S/C28H23N3O3/c1-16-10-12-22-18(15-16)11-13-23-28(19-7-3-4-8-20(19)30-27(28)34)24(25(17(2)32)31(22)23)26(33)21-9-5-6-14-29-21/h3-15,23-25H,1-2H3,(H,30,34)/t23-,24-,25-,28+/m1/s1. The quantitative estimate of drug-likeness (QED) is 0.613. The highest BCUT2D eigenvalue weighted by molar-refractivity contribution is 6.16. The molecule has 1 fully saturated rings. The lowest BCUT2D eigenvalue weighted by Crippen LogP contribution is -2.51. The van der Waals surface area contributed by atoms with Crippen LogP contribution in [0.5, 0.6) is 0 Å². The van der Waals surface area contributed by atoms with Crippen LogP contribution in [0.25, 0.3) is 6.08 Å². The SMILES string of the molecule is CC(=O)[C@@H]1[C@H](C(=O)c2ccccn2)[C@@]2(C(=O)Nc3ccccc32)[C@H]2C=Cc3cc(C)ccc3N12. The lowest BCUT2D eigenvalue weighted by molar-refractivity contribution is -0.122. The summed E-state index contributed by atoms with van der Waals surface area (Å²) in [5, 5.41) is 3.01. The Balaban J connectivity index is 1.67. The molecule has 2 aromatic carbocycles. The van der Waals surface area contributed by atoms with Crippen molar-refractivity contribution in [1.29, 1.82) is 0 Å². The molecule has 0 aliphatic carbocycles. The van der Waals surface area contributed by atoms with Gasteiger partial charge in [-0.05, 0) is 55.3 Å². The molecule has 3 aliphatic rings. The first-order chi connectivity index (χ1) is 16.4. The first-order valence-corrected chi connectivity index (χ1v) is 11.4. The molecule has 3 aromatic rings. The van der Waals surface area contributed by atoms with Crippen LogP contribution in [0.2, 0.25) is 0 Å². The molecule has 6 nitrogen and oxygen atoms in total. The minimum Gasteiger partial charge on any atom is -0.352 e. The number of fused-ring (bicyclic) bond motifs is 6. The normalized spacial score (nSPS) is 26.1. The number of pyridine rings is 1. The van der Waals surface area contributed by atoms with Crippen LogP contribution in [-0.4, -0.2) is 34.5 Å². The van der Waals surface area contributed by atoms with Gasteiger partial charge in [0, 0.05) is 17.6 Å². The fraction of sp³-hybridized carbons (Fsp3) is 0.214. The average molecular weight is 450 g/mol. The molecule has 0 radical (unpaired) electrons. The first-order valence-electron chi connectivity index (χ1n) is 11.4. The Kier molecular flexibility index (Phi) is 4.36. The van der Waals surface area contributed by atoms with Gasteiger partial charge in [0.2, 0.25) is 5.91 Å². The maximum absolute atomic E-state index is 14.1. The number of aryl methyl sites for hydroxylation is 1. The summed E-state index contributed by atoms with van der Waals surface area (Å²) in [6, 6.07) is 17.3. The molecule has 1 N–H and O–H groups in total. The number of anilines is 2. The zero-order valence-electron chi connectivity index (χ0n) is 18.9. The van der Waals surface area contributed by atoms with Crippen molar-refractivity contribution < 1.29 is 14.4 Å². The Hall–Kier alpha value is -4.06. The molecule has 0 unspecified atom stereocenters. The van der Waals surface area contributed by atoms with Gasteiger partial charge in [-0.1, -0.05) is 48.0 Å². The smallest absolute Gasteiger partial charge is 0.238 e. The molecular formula is C28H23N3O3. The number of rotatable bonds is 3. The molecule has 6 heteroatoms.